The van der Waals surface area contributed by atoms with E-state index in [9.17, 15) is 13.9 Å². The molecule has 2 unspecified atom stereocenters. The summed E-state index contributed by atoms with van der Waals surface area (Å²) < 4.78 is 26.7. The van der Waals surface area contributed by atoms with Crippen molar-refractivity contribution in [3.63, 3.8) is 0 Å². The lowest BCUT2D eigenvalue weighted by molar-refractivity contribution is 0.116. The van der Waals surface area contributed by atoms with Gasteiger partial charge in [0.1, 0.15) is 0 Å². The molecule has 2 fully saturated rings. The first kappa shape index (κ1) is 11.1. The molecule has 0 amide bonds. The molecule has 0 aliphatic heterocycles. The predicted molar refractivity (Wildman–Crippen MR) is 60.4 cm³/mol. The fourth-order valence-corrected chi connectivity index (χ4v) is 3.42. The van der Waals surface area contributed by atoms with Crippen molar-refractivity contribution in [3.05, 3.63) is 35.4 Å². The zero-order valence-corrected chi connectivity index (χ0v) is 9.63. The summed E-state index contributed by atoms with van der Waals surface area (Å²) in [6.07, 6.45) is 3.64. The minimum atomic E-state index is -0.793. The molecule has 3 rings (SSSR count). The van der Waals surface area contributed by atoms with E-state index in [-0.39, 0.29) is 12.0 Å². The van der Waals surface area contributed by atoms with Crippen LogP contribution in [0.2, 0.25) is 0 Å². The number of fused-ring (bicyclic) bond motifs is 1. The Bertz CT molecular complexity index is 434. The van der Waals surface area contributed by atoms with Crippen LogP contribution in [0.15, 0.2) is 18.2 Å². The monoisotopic (exact) mass is 238 g/mol. The molecule has 0 bridgehead atoms. The van der Waals surface area contributed by atoms with E-state index in [1.165, 1.54) is 12.5 Å². The SMILES string of the molecule is OCC1(Cc2cccc(F)c2F)CC2CC2C1. The predicted octanol–water partition coefficient (Wildman–Crippen LogP) is 2.92. The molecule has 2 saturated carbocycles. The van der Waals surface area contributed by atoms with Gasteiger partial charge in [-0.3, -0.25) is 0 Å². The molecule has 2 atom stereocenters. The normalized spacial score (nSPS) is 34.8. The van der Waals surface area contributed by atoms with Gasteiger partial charge < -0.3 is 5.11 Å². The third-order valence-corrected chi connectivity index (χ3v) is 4.39. The molecule has 0 radical (unpaired) electrons. The maximum atomic E-state index is 13.6. The van der Waals surface area contributed by atoms with Crippen LogP contribution in [0, 0.1) is 28.9 Å². The number of hydrogen-bond donors (Lipinski definition) is 1. The first-order chi connectivity index (χ1) is 8.13. The third-order valence-electron chi connectivity index (χ3n) is 4.39. The van der Waals surface area contributed by atoms with Gasteiger partial charge in [-0.1, -0.05) is 12.1 Å². The second-order valence-corrected chi connectivity index (χ2v) is 5.71. The molecule has 1 N–H and O–H groups in total. The molecule has 2 aliphatic carbocycles. The molecule has 0 saturated heterocycles. The Labute approximate surface area is 99.5 Å². The minimum Gasteiger partial charge on any atom is -0.396 e. The fraction of sp³-hybridized carbons (Fsp3) is 0.571. The van der Waals surface area contributed by atoms with E-state index in [1.54, 1.807) is 6.07 Å². The van der Waals surface area contributed by atoms with E-state index in [2.05, 4.69) is 0 Å². The van der Waals surface area contributed by atoms with Gasteiger partial charge in [-0.25, -0.2) is 8.78 Å². The van der Waals surface area contributed by atoms with Crippen molar-refractivity contribution in [3.8, 4) is 0 Å². The lowest BCUT2D eigenvalue weighted by Gasteiger charge is -2.28. The average molecular weight is 238 g/mol. The molecule has 1 aromatic carbocycles. The van der Waals surface area contributed by atoms with Crippen molar-refractivity contribution in [2.24, 2.45) is 17.3 Å². The molecule has 0 heterocycles. The summed E-state index contributed by atoms with van der Waals surface area (Å²) in [6, 6.07) is 4.30. The summed E-state index contributed by atoms with van der Waals surface area (Å²) in [4.78, 5) is 0. The van der Waals surface area contributed by atoms with Crippen LogP contribution in [-0.2, 0) is 6.42 Å². The zero-order chi connectivity index (χ0) is 12.0. The Morgan fingerprint density at radius 2 is 1.94 bits per heavy atom. The molecule has 1 nitrogen and oxygen atoms in total. The van der Waals surface area contributed by atoms with Crippen molar-refractivity contribution in [1.82, 2.24) is 0 Å². The number of rotatable bonds is 3. The van der Waals surface area contributed by atoms with Crippen LogP contribution < -0.4 is 0 Å². The number of aliphatic hydroxyl groups excluding tert-OH is 1. The summed E-state index contributed by atoms with van der Waals surface area (Å²) in [6.45, 7) is 0.0793. The van der Waals surface area contributed by atoms with E-state index in [0.29, 0.717) is 12.0 Å². The molecular weight excluding hydrogens is 222 g/mol. The van der Waals surface area contributed by atoms with E-state index in [4.69, 9.17) is 0 Å². The van der Waals surface area contributed by atoms with Gasteiger partial charge in [0, 0.05) is 6.61 Å². The van der Waals surface area contributed by atoms with Crippen molar-refractivity contribution in [2.75, 3.05) is 6.61 Å². The van der Waals surface area contributed by atoms with Crippen LogP contribution in [0.1, 0.15) is 24.8 Å². The van der Waals surface area contributed by atoms with Gasteiger partial charge in [-0.15, -0.1) is 0 Å². The molecule has 92 valence electrons. The van der Waals surface area contributed by atoms with Crippen LogP contribution in [-0.4, -0.2) is 11.7 Å². The first-order valence-electron chi connectivity index (χ1n) is 6.17. The Morgan fingerprint density at radius 1 is 1.24 bits per heavy atom. The van der Waals surface area contributed by atoms with Crippen LogP contribution in [0.5, 0.6) is 0 Å². The molecular formula is C14H16F2O. The fourth-order valence-electron chi connectivity index (χ4n) is 3.42. The maximum absolute atomic E-state index is 13.6. The molecule has 17 heavy (non-hydrogen) atoms. The minimum absolute atomic E-state index is 0.0793. The van der Waals surface area contributed by atoms with Crippen molar-refractivity contribution in [2.45, 2.75) is 25.7 Å². The van der Waals surface area contributed by atoms with Gasteiger partial charge in [-0.2, -0.15) is 0 Å². The standard InChI is InChI=1S/C14H16F2O/c15-12-3-1-2-9(13(12)16)5-14(8-17)6-10-4-11(10)7-14/h1-3,10-11,17H,4-8H2. The van der Waals surface area contributed by atoms with E-state index in [0.717, 1.165) is 30.7 Å². The first-order valence-corrected chi connectivity index (χ1v) is 6.17. The van der Waals surface area contributed by atoms with Gasteiger partial charge in [0.2, 0.25) is 0 Å². The lowest BCUT2D eigenvalue weighted by atomic mass is 9.78. The average Bonchev–Trinajstić information content (AvgIpc) is 2.94. The number of benzene rings is 1. The van der Waals surface area contributed by atoms with Gasteiger partial charge in [0.25, 0.3) is 0 Å². The highest BCUT2D eigenvalue weighted by Crippen LogP contribution is 2.60. The third kappa shape index (κ3) is 1.86. The Hall–Kier alpha value is -0.960. The van der Waals surface area contributed by atoms with E-state index < -0.39 is 11.6 Å². The lowest BCUT2D eigenvalue weighted by Crippen LogP contribution is -2.27. The Balaban J connectivity index is 1.83. The molecule has 3 heteroatoms. The molecule has 1 aromatic rings. The summed E-state index contributed by atoms with van der Waals surface area (Å²) in [5, 5.41) is 9.56. The second kappa shape index (κ2) is 3.77. The summed E-state index contributed by atoms with van der Waals surface area (Å²) in [7, 11) is 0. The number of halogens is 2. The largest absolute Gasteiger partial charge is 0.396 e. The summed E-state index contributed by atoms with van der Waals surface area (Å²) in [5.74, 6) is -0.0998. The molecule has 2 aliphatic rings. The highest BCUT2D eigenvalue weighted by atomic mass is 19.2. The summed E-state index contributed by atoms with van der Waals surface area (Å²) >= 11 is 0. The van der Waals surface area contributed by atoms with Crippen LogP contribution in [0.3, 0.4) is 0 Å². The Kier molecular flexibility index (Phi) is 2.47. The highest BCUT2D eigenvalue weighted by molar-refractivity contribution is 5.22. The van der Waals surface area contributed by atoms with Gasteiger partial charge in [-0.05, 0) is 54.6 Å². The van der Waals surface area contributed by atoms with E-state index in [1.807, 2.05) is 0 Å². The zero-order valence-electron chi connectivity index (χ0n) is 9.63. The van der Waals surface area contributed by atoms with Crippen molar-refractivity contribution >= 4 is 0 Å². The topological polar surface area (TPSA) is 20.2 Å². The Morgan fingerprint density at radius 3 is 2.59 bits per heavy atom. The van der Waals surface area contributed by atoms with Crippen molar-refractivity contribution < 1.29 is 13.9 Å². The van der Waals surface area contributed by atoms with Gasteiger partial charge in [0.15, 0.2) is 11.6 Å². The van der Waals surface area contributed by atoms with Crippen LogP contribution in [0.25, 0.3) is 0 Å². The van der Waals surface area contributed by atoms with Crippen LogP contribution >= 0.6 is 0 Å². The second-order valence-electron chi connectivity index (χ2n) is 5.71. The molecule has 0 aromatic heterocycles. The molecule has 0 spiro atoms. The highest BCUT2D eigenvalue weighted by Gasteiger charge is 2.53. The quantitative estimate of drug-likeness (QED) is 0.858. The maximum Gasteiger partial charge on any atom is 0.162 e. The van der Waals surface area contributed by atoms with Gasteiger partial charge >= 0.3 is 0 Å². The smallest absolute Gasteiger partial charge is 0.162 e. The van der Waals surface area contributed by atoms with E-state index >= 15 is 0 Å². The summed E-state index contributed by atoms with van der Waals surface area (Å²) in [5.41, 5.74) is 0.197. The number of aliphatic hydroxyl groups is 1. The van der Waals surface area contributed by atoms with Crippen LogP contribution in [0.4, 0.5) is 8.78 Å². The van der Waals surface area contributed by atoms with Gasteiger partial charge in [0.05, 0.1) is 0 Å². The number of hydrogen-bond acceptors (Lipinski definition) is 1. The van der Waals surface area contributed by atoms with Crippen molar-refractivity contribution in [1.29, 1.82) is 0 Å².